The molecule has 1 N–H and O–H groups in total. The second-order valence-corrected chi connectivity index (χ2v) is 7.66. The van der Waals surface area contributed by atoms with E-state index in [9.17, 15) is 18.3 Å². The van der Waals surface area contributed by atoms with Gasteiger partial charge < -0.3 is 9.84 Å². The number of hydrogen-bond acceptors (Lipinski definition) is 5. The number of aromatic nitrogens is 1. The number of nitrogens with zero attached hydrogens (tertiary/aromatic N) is 2. The van der Waals surface area contributed by atoms with Crippen molar-refractivity contribution < 1.29 is 23.0 Å². The molecule has 0 aliphatic carbocycles. The van der Waals surface area contributed by atoms with Crippen molar-refractivity contribution in [2.24, 2.45) is 0 Å². The average molecular weight is 386 g/mol. The van der Waals surface area contributed by atoms with E-state index in [-0.39, 0.29) is 18.8 Å². The summed E-state index contributed by atoms with van der Waals surface area (Å²) in [4.78, 5) is 7.55. The van der Waals surface area contributed by atoms with Gasteiger partial charge in [-0.2, -0.15) is 13.2 Å². The van der Waals surface area contributed by atoms with E-state index >= 15 is 0 Å². The van der Waals surface area contributed by atoms with E-state index < -0.39 is 11.7 Å². The summed E-state index contributed by atoms with van der Waals surface area (Å²) in [6.07, 6.45) is -4.10. The monoisotopic (exact) mass is 386 g/mol. The van der Waals surface area contributed by atoms with Gasteiger partial charge in [-0.1, -0.05) is 12.1 Å². The molecular weight excluding hydrogens is 365 g/mol. The molecule has 2 heterocycles. The minimum absolute atomic E-state index is 0.129. The Bertz CT molecular complexity index is 736. The fourth-order valence-corrected chi connectivity index (χ4v) is 4.12. The molecule has 1 saturated heterocycles. The van der Waals surface area contributed by atoms with E-state index in [1.165, 1.54) is 23.5 Å². The number of hydrogen-bond donors (Lipinski definition) is 1. The minimum atomic E-state index is -4.35. The van der Waals surface area contributed by atoms with Crippen LogP contribution >= 0.6 is 11.3 Å². The fraction of sp³-hybridized carbons (Fsp3) is 0.500. The van der Waals surface area contributed by atoms with Crippen LogP contribution in [0.2, 0.25) is 0 Å². The van der Waals surface area contributed by atoms with Crippen LogP contribution in [0, 0.1) is 0 Å². The predicted octanol–water partition coefficient (Wildman–Crippen LogP) is 3.93. The first-order valence-electron chi connectivity index (χ1n) is 8.41. The molecule has 0 amide bonds. The highest BCUT2D eigenvalue weighted by molar-refractivity contribution is 7.15. The van der Waals surface area contributed by atoms with Gasteiger partial charge in [-0.25, -0.2) is 4.98 Å². The smallest absolute Gasteiger partial charge is 0.391 e. The zero-order valence-electron chi connectivity index (χ0n) is 14.6. The van der Waals surface area contributed by atoms with E-state index in [0.29, 0.717) is 17.1 Å². The van der Waals surface area contributed by atoms with Crippen molar-refractivity contribution in [3.63, 3.8) is 0 Å². The van der Waals surface area contributed by atoms with Crippen molar-refractivity contribution in [3.8, 4) is 10.6 Å². The fourth-order valence-electron chi connectivity index (χ4n) is 3.18. The lowest BCUT2D eigenvalue weighted by atomic mass is 10.1. The number of morpholine rings is 1. The molecule has 1 fully saturated rings. The van der Waals surface area contributed by atoms with E-state index in [0.717, 1.165) is 35.8 Å². The van der Waals surface area contributed by atoms with Gasteiger partial charge in [0.25, 0.3) is 0 Å². The minimum Gasteiger partial charge on any atom is -0.391 e. The molecule has 1 aliphatic heterocycles. The molecule has 142 valence electrons. The van der Waals surface area contributed by atoms with Crippen LogP contribution in [0.25, 0.3) is 10.6 Å². The van der Waals surface area contributed by atoms with Crippen molar-refractivity contribution in [2.45, 2.75) is 45.4 Å². The number of rotatable bonds is 4. The number of thiazole rings is 1. The van der Waals surface area contributed by atoms with Gasteiger partial charge in [0, 0.05) is 25.2 Å². The molecule has 4 nitrogen and oxygen atoms in total. The largest absolute Gasteiger partial charge is 0.416 e. The van der Waals surface area contributed by atoms with E-state index in [1.807, 2.05) is 13.8 Å². The Morgan fingerprint density at radius 3 is 2.35 bits per heavy atom. The summed E-state index contributed by atoms with van der Waals surface area (Å²) >= 11 is 1.32. The van der Waals surface area contributed by atoms with Crippen LogP contribution in [0.5, 0.6) is 0 Å². The molecule has 26 heavy (non-hydrogen) atoms. The van der Waals surface area contributed by atoms with Crippen molar-refractivity contribution in [1.82, 2.24) is 9.88 Å². The molecule has 0 unspecified atom stereocenters. The van der Waals surface area contributed by atoms with Crippen LogP contribution in [0.4, 0.5) is 13.2 Å². The lowest BCUT2D eigenvalue weighted by Gasteiger charge is -2.35. The predicted molar refractivity (Wildman–Crippen MR) is 93.8 cm³/mol. The quantitative estimate of drug-likeness (QED) is 0.865. The third-order valence-electron chi connectivity index (χ3n) is 4.25. The summed E-state index contributed by atoms with van der Waals surface area (Å²) in [5.74, 6) is 0. The van der Waals surface area contributed by atoms with Gasteiger partial charge >= 0.3 is 6.18 Å². The van der Waals surface area contributed by atoms with E-state index in [1.54, 1.807) is 0 Å². The molecule has 3 rings (SSSR count). The van der Waals surface area contributed by atoms with Crippen LogP contribution in [0.15, 0.2) is 24.3 Å². The third-order valence-corrected chi connectivity index (χ3v) is 5.38. The molecule has 8 heteroatoms. The highest BCUT2D eigenvalue weighted by atomic mass is 32.1. The number of halogens is 3. The summed E-state index contributed by atoms with van der Waals surface area (Å²) in [5.41, 5.74) is 0.707. The van der Waals surface area contributed by atoms with Gasteiger partial charge in [-0.05, 0) is 26.0 Å². The van der Waals surface area contributed by atoms with Crippen molar-refractivity contribution in [3.05, 3.63) is 40.4 Å². The summed E-state index contributed by atoms with van der Waals surface area (Å²) in [6.45, 7) is 6.05. The summed E-state index contributed by atoms with van der Waals surface area (Å²) in [5, 5.41) is 10.3. The van der Waals surface area contributed by atoms with Crippen molar-refractivity contribution >= 4 is 11.3 Å². The second-order valence-electron chi connectivity index (χ2n) is 6.57. The lowest BCUT2D eigenvalue weighted by Crippen LogP contribution is -2.45. The summed E-state index contributed by atoms with van der Waals surface area (Å²) in [6, 6.07) is 4.96. The molecule has 0 spiro atoms. The van der Waals surface area contributed by atoms with E-state index in [4.69, 9.17) is 4.74 Å². The third kappa shape index (κ3) is 4.43. The topological polar surface area (TPSA) is 45.6 Å². The maximum atomic E-state index is 12.7. The molecular formula is C18H21F3N2O2S. The van der Waals surface area contributed by atoms with Crippen LogP contribution in [-0.2, 0) is 24.1 Å². The van der Waals surface area contributed by atoms with E-state index in [2.05, 4.69) is 9.88 Å². The van der Waals surface area contributed by atoms with Crippen molar-refractivity contribution in [1.29, 1.82) is 0 Å². The molecule has 0 bridgehead atoms. The Hall–Kier alpha value is -1.48. The van der Waals surface area contributed by atoms with Gasteiger partial charge in [0.1, 0.15) is 5.01 Å². The molecule has 1 aromatic heterocycles. The first-order chi connectivity index (χ1) is 12.3. The Kier molecular flexibility index (Phi) is 5.67. The van der Waals surface area contributed by atoms with Gasteiger partial charge in [0.05, 0.1) is 34.9 Å². The number of ether oxygens (including phenoxy) is 1. The SMILES string of the molecule is C[C@@H]1CN(Cc2nc(-c3ccc(C(F)(F)F)cc3)sc2CO)C[C@H](C)O1. The maximum Gasteiger partial charge on any atom is 0.416 e. The Morgan fingerprint density at radius 1 is 1.19 bits per heavy atom. The Labute approximate surface area is 154 Å². The number of benzene rings is 1. The average Bonchev–Trinajstić information content (AvgIpc) is 2.96. The number of aliphatic hydroxyl groups excluding tert-OH is 1. The van der Waals surface area contributed by atoms with Crippen molar-refractivity contribution in [2.75, 3.05) is 13.1 Å². The second kappa shape index (κ2) is 7.64. The summed E-state index contributed by atoms with van der Waals surface area (Å²) < 4.78 is 43.8. The normalized spacial score (nSPS) is 21.9. The zero-order chi connectivity index (χ0) is 18.9. The number of alkyl halides is 3. The standard InChI is InChI=1S/C18H21F3N2O2S/c1-11-7-23(8-12(2)25-11)9-15-16(10-24)26-17(22-15)13-3-5-14(6-4-13)18(19,20)21/h3-6,11-12,24H,7-10H2,1-2H3/t11-,12+. The Morgan fingerprint density at radius 2 is 1.81 bits per heavy atom. The zero-order valence-corrected chi connectivity index (χ0v) is 15.4. The van der Waals surface area contributed by atoms with Gasteiger partial charge in [0.2, 0.25) is 0 Å². The molecule has 2 atom stereocenters. The molecule has 2 aromatic rings. The Balaban J connectivity index is 1.80. The van der Waals surface area contributed by atoms with Gasteiger partial charge in [0.15, 0.2) is 0 Å². The van der Waals surface area contributed by atoms with Crippen LogP contribution in [-0.4, -0.2) is 40.3 Å². The van der Waals surface area contributed by atoms with Crippen LogP contribution in [0.1, 0.15) is 30.0 Å². The van der Waals surface area contributed by atoms with Crippen LogP contribution in [0.3, 0.4) is 0 Å². The van der Waals surface area contributed by atoms with Gasteiger partial charge in [-0.3, -0.25) is 4.90 Å². The van der Waals surface area contributed by atoms with Crippen LogP contribution < -0.4 is 0 Å². The number of aliphatic hydroxyl groups is 1. The summed E-state index contributed by atoms with van der Waals surface area (Å²) in [7, 11) is 0. The highest BCUT2D eigenvalue weighted by Crippen LogP contribution is 2.33. The maximum absolute atomic E-state index is 12.7. The molecule has 1 aromatic carbocycles. The first kappa shape index (κ1) is 19.3. The molecule has 1 aliphatic rings. The molecule has 0 saturated carbocycles. The molecule has 0 radical (unpaired) electrons. The van der Waals surface area contributed by atoms with Gasteiger partial charge in [-0.15, -0.1) is 11.3 Å². The first-order valence-corrected chi connectivity index (χ1v) is 9.22. The highest BCUT2D eigenvalue weighted by Gasteiger charge is 2.30. The lowest BCUT2D eigenvalue weighted by molar-refractivity contribution is -0.137.